The summed E-state index contributed by atoms with van der Waals surface area (Å²) in [6, 6.07) is 18.8. The molecule has 0 aliphatic carbocycles. The zero-order chi connectivity index (χ0) is 25.9. The molecule has 1 aliphatic heterocycles. The summed E-state index contributed by atoms with van der Waals surface area (Å²) in [4.78, 5) is 16.2. The smallest absolute Gasteiger partial charge is 0.308 e. The number of esters is 1. The van der Waals surface area contributed by atoms with Gasteiger partial charge < -0.3 is 19.5 Å². The van der Waals surface area contributed by atoms with Gasteiger partial charge in [0.2, 0.25) is 11.0 Å². The van der Waals surface area contributed by atoms with Crippen LogP contribution >= 0.6 is 39.3 Å². The van der Waals surface area contributed by atoms with Crippen molar-refractivity contribution in [3.63, 3.8) is 0 Å². The molecule has 0 amide bonds. The first kappa shape index (κ1) is 25.3. The summed E-state index contributed by atoms with van der Waals surface area (Å²) < 4.78 is 17.8. The molecular weight excluding hydrogens is 580 g/mol. The van der Waals surface area contributed by atoms with E-state index >= 15 is 0 Å². The van der Waals surface area contributed by atoms with E-state index in [1.807, 2.05) is 48.5 Å². The van der Waals surface area contributed by atoms with Gasteiger partial charge in [-0.25, -0.2) is 0 Å². The van der Waals surface area contributed by atoms with Crippen LogP contribution in [0, 0.1) is 0 Å². The Morgan fingerprint density at radius 2 is 1.92 bits per heavy atom. The number of halogens is 2. The van der Waals surface area contributed by atoms with Crippen molar-refractivity contribution in [2.24, 2.45) is 0 Å². The van der Waals surface area contributed by atoms with Crippen LogP contribution < -0.4 is 19.5 Å². The Morgan fingerprint density at radius 1 is 1.14 bits per heavy atom. The van der Waals surface area contributed by atoms with Crippen LogP contribution in [0.2, 0.25) is 5.02 Å². The first-order chi connectivity index (χ1) is 17.9. The van der Waals surface area contributed by atoms with E-state index in [2.05, 4.69) is 31.4 Å². The minimum absolute atomic E-state index is 0.296. The molecule has 1 atom stereocenters. The molecule has 0 bridgehead atoms. The number of thioether (sulfide) groups is 1. The average Bonchev–Trinajstić information content (AvgIpc) is 3.04. The van der Waals surface area contributed by atoms with Crippen molar-refractivity contribution < 1.29 is 19.0 Å². The fraction of sp³-hybridized carbons (Fsp3) is 0.154. The molecule has 188 valence electrons. The largest absolute Gasteiger partial charge is 0.493 e. The number of para-hydroxylation sites is 1. The zero-order valence-corrected chi connectivity index (χ0v) is 22.9. The molecule has 2 heterocycles. The van der Waals surface area contributed by atoms with E-state index < -0.39 is 12.2 Å². The number of carbonyl (C=O) groups is 1. The monoisotopic (exact) mass is 598 g/mol. The van der Waals surface area contributed by atoms with Gasteiger partial charge >= 0.3 is 5.97 Å². The van der Waals surface area contributed by atoms with Crippen LogP contribution in [-0.2, 0) is 10.5 Å². The second kappa shape index (κ2) is 11.0. The van der Waals surface area contributed by atoms with Gasteiger partial charge in [0.25, 0.3) is 0 Å². The van der Waals surface area contributed by atoms with Gasteiger partial charge in [0, 0.05) is 39.0 Å². The molecule has 0 saturated carbocycles. The number of hydrogen-bond acceptors (Lipinski definition) is 9. The van der Waals surface area contributed by atoms with Gasteiger partial charge in [0.15, 0.2) is 23.4 Å². The van der Waals surface area contributed by atoms with Gasteiger partial charge in [-0.1, -0.05) is 69.6 Å². The number of carbonyl (C=O) groups excluding carboxylic acids is 1. The van der Waals surface area contributed by atoms with Crippen molar-refractivity contribution in [2.75, 3.05) is 12.4 Å². The van der Waals surface area contributed by atoms with Crippen molar-refractivity contribution in [2.45, 2.75) is 24.1 Å². The minimum Gasteiger partial charge on any atom is -0.493 e. The number of aromatic nitrogens is 3. The van der Waals surface area contributed by atoms with E-state index in [-0.39, 0.29) is 0 Å². The molecule has 0 saturated heterocycles. The van der Waals surface area contributed by atoms with Gasteiger partial charge in [-0.05, 0) is 35.9 Å². The van der Waals surface area contributed by atoms with Crippen LogP contribution in [0.1, 0.15) is 24.3 Å². The Hall–Kier alpha value is -3.34. The molecule has 4 aromatic rings. The van der Waals surface area contributed by atoms with Crippen molar-refractivity contribution in [1.82, 2.24) is 15.2 Å². The highest BCUT2D eigenvalue weighted by Gasteiger charge is 2.28. The predicted molar refractivity (Wildman–Crippen MR) is 145 cm³/mol. The van der Waals surface area contributed by atoms with E-state index in [9.17, 15) is 4.79 Å². The molecule has 1 aromatic heterocycles. The lowest BCUT2D eigenvalue weighted by atomic mass is 10.1. The Morgan fingerprint density at radius 3 is 2.68 bits per heavy atom. The summed E-state index contributed by atoms with van der Waals surface area (Å²) in [5.41, 5.74) is 3.95. The second-order valence-corrected chi connectivity index (χ2v) is 10.2. The number of hydrogen-bond donors (Lipinski definition) is 1. The third kappa shape index (κ3) is 5.66. The van der Waals surface area contributed by atoms with Crippen LogP contribution in [0.3, 0.4) is 0 Å². The Kier molecular flexibility index (Phi) is 7.50. The summed E-state index contributed by atoms with van der Waals surface area (Å²) >= 11 is 11.0. The van der Waals surface area contributed by atoms with Crippen LogP contribution in [0.25, 0.3) is 11.3 Å². The number of fused-ring (bicyclic) bond motifs is 3. The van der Waals surface area contributed by atoms with Crippen LogP contribution in [-0.4, -0.2) is 28.3 Å². The lowest BCUT2D eigenvalue weighted by Gasteiger charge is -2.22. The first-order valence-corrected chi connectivity index (χ1v) is 13.3. The highest BCUT2D eigenvalue weighted by Crippen LogP contribution is 2.43. The van der Waals surface area contributed by atoms with E-state index in [1.165, 1.54) is 25.8 Å². The van der Waals surface area contributed by atoms with E-state index in [0.717, 1.165) is 16.8 Å². The van der Waals surface area contributed by atoms with Gasteiger partial charge in [-0.15, -0.1) is 10.2 Å². The molecule has 0 fully saturated rings. The van der Waals surface area contributed by atoms with Crippen LogP contribution in [0.5, 0.6) is 17.4 Å². The normalized spacial score (nSPS) is 13.9. The van der Waals surface area contributed by atoms with E-state index in [4.69, 9.17) is 30.8 Å². The van der Waals surface area contributed by atoms with Crippen LogP contribution in [0.4, 0.5) is 5.69 Å². The molecule has 1 unspecified atom stereocenters. The van der Waals surface area contributed by atoms with E-state index in [1.54, 1.807) is 12.1 Å². The number of ether oxygens (including phenoxy) is 3. The van der Waals surface area contributed by atoms with Crippen molar-refractivity contribution in [1.29, 1.82) is 0 Å². The number of nitrogens with zero attached hydrogens (tertiary/aromatic N) is 3. The number of methoxy groups -OCH3 is 1. The summed E-state index contributed by atoms with van der Waals surface area (Å²) in [5, 5.41) is 13.4. The molecule has 5 rings (SSSR count). The fourth-order valence-electron chi connectivity index (χ4n) is 3.72. The number of benzene rings is 3. The Bertz CT molecular complexity index is 1470. The van der Waals surface area contributed by atoms with Gasteiger partial charge in [0.1, 0.15) is 0 Å². The predicted octanol–water partition coefficient (Wildman–Crippen LogP) is 6.68. The molecule has 1 aliphatic rings. The highest BCUT2D eigenvalue weighted by atomic mass is 79.9. The lowest BCUT2D eigenvalue weighted by Crippen LogP contribution is -2.18. The maximum absolute atomic E-state index is 11.5. The number of rotatable bonds is 6. The van der Waals surface area contributed by atoms with Crippen LogP contribution in [0.15, 0.2) is 70.3 Å². The summed E-state index contributed by atoms with van der Waals surface area (Å²) in [5.74, 6) is 1.22. The molecule has 0 radical (unpaired) electrons. The third-order valence-corrected chi connectivity index (χ3v) is 7.28. The number of anilines is 1. The SMILES string of the molecule is COc1cc(C2Nc3ccccc3-c3nnc(SCc4ccc(Cl)cc4)nc3O2)c(Br)cc1OC(C)=O. The second-order valence-electron chi connectivity index (χ2n) is 7.97. The quantitative estimate of drug-likeness (QED) is 0.148. The molecular formula is C26H20BrClN4O4S. The average molecular weight is 600 g/mol. The Balaban J connectivity index is 1.50. The third-order valence-electron chi connectivity index (χ3n) is 5.43. The van der Waals surface area contributed by atoms with Gasteiger partial charge in [0.05, 0.1) is 7.11 Å². The Labute approximate surface area is 230 Å². The van der Waals surface area contributed by atoms with Gasteiger partial charge in [-0.3, -0.25) is 4.79 Å². The summed E-state index contributed by atoms with van der Waals surface area (Å²) in [7, 11) is 1.51. The van der Waals surface area contributed by atoms with Crippen molar-refractivity contribution >= 4 is 50.9 Å². The zero-order valence-electron chi connectivity index (χ0n) is 19.7. The number of nitrogens with one attached hydrogen (secondary N) is 1. The lowest BCUT2D eigenvalue weighted by molar-refractivity contribution is -0.132. The maximum Gasteiger partial charge on any atom is 0.308 e. The van der Waals surface area contributed by atoms with E-state index in [0.29, 0.717) is 49.0 Å². The first-order valence-electron chi connectivity index (χ1n) is 11.1. The molecule has 1 N–H and O–H groups in total. The maximum atomic E-state index is 11.5. The summed E-state index contributed by atoms with van der Waals surface area (Å²) in [6.07, 6.45) is -0.664. The topological polar surface area (TPSA) is 95.5 Å². The van der Waals surface area contributed by atoms with Gasteiger partial charge in [-0.2, -0.15) is 4.98 Å². The molecule has 3 aromatic carbocycles. The summed E-state index contributed by atoms with van der Waals surface area (Å²) in [6.45, 7) is 1.33. The fourth-order valence-corrected chi connectivity index (χ4v) is 5.11. The molecule has 11 heteroatoms. The standard InChI is InChI=1S/C26H20BrClN4O4S/c1-14(33)35-22-12-19(27)18(11-21(22)34-2)24-29-20-6-4-3-5-17(20)23-25(36-24)30-26(32-31-23)37-13-15-7-9-16(28)10-8-15/h3-12,24,29H,13H2,1-2H3. The molecule has 8 nitrogen and oxygen atoms in total. The van der Waals surface area contributed by atoms with Crippen molar-refractivity contribution in [3.05, 3.63) is 81.3 Å². The molecule has 0 spiro atoms. The van der Waals surface area contributed by atoms with Crippen molar-refractivity contribution in [3.8, 4) is 28.6 Å². The minimum atomic E-state index is -0.664. The highest BCUT2D eigenvalue weighted by molar-refractivity contribution is 9.10. The molecule has 37 heavy (non-hydrogen) atoms.